The van der Waals surface area contributed by atoms with Crippen LogP contribution in [-0.4, -0.2) is 19.1 Å². The highest BCUT2D eigenvalue weighted by molar-refractivity contribution is 8.01. The molecule has 4 aromatic rings. The molecule has 0 radical (unpaired) electrons. The fourth-order valence-electron chi connectivity index (χ4n) is 2.50. The van der Waals surface area contributed by atoms with Gasteiger partial charge in [0.1, 0.15) is 22.4 Å². The molecule has 0 amide bonds. The summed E-state index contributed by atoms with van der Waals surface area (Å²) in [6.45, 7) is 0.0118. The van der Waals surface area contributed by atoms with Crippen molar-refractivity contribution in [1.29, 1.82) is 5.26 Å². The van der Waals surface area contributed by atoms with Crippen LogP contribution in [0.2, 0.25) is 5.15 Å². The average molecular weight is 444 g/mol. The molecule has 0 unspecified atom stereocenters. The number of benzene rings is 2. The zero-order chi connectivity index (χ0) is 20.2. The minimum Gasteiger partial charge on any atom is -0.483 e. The second kappa shape index (κ2) is 8.61. The van der Waals surface area contributed by atoms with Gasteiger partial charge in [-0.15, -0.1) is 10.2 Å². The highest BCUT2D eigenvalue weighted by Gasteiger charge is 2.20. The van der Waals surface area contributed by atoms with Crippen molar-refractivity contribution in [2.75, 3.05) is 0 Å². The Balaban J connectivity index is 1.69. The van der Waals surface area contributed by atoms with Crippen LogP contribution in [-0.2, 0) is 6.61 Å². The van der Waals surface area contributed by atoms with Gasteiger partial charge in [0, 0.05) is 5.69 Å². The van der Waals surface area contributed by atoms with Crippen LogP contribution in [0.1, 0.15) is 11.4 Å². The van der Waals surface area contributed by atoms with E-state index in [0.717, 1.165) is 17.2 Å². The number of ether oxygens (including phenoxy) is 1. The molecular weight excluding hydrogens is 433 g/mol. The quantitative estimate of drug-likeness (QED) is 0.411. The molecular formula is C19H11ClFN5OS2. The molecule has 0 bridgehead atoms. The summed E-state index contributed by atoms with van der Waals surface area (Å²) >= 11 is 8.32. The van der Waals surface area contributed by atoms with E-state index in [1.807, 2.05) is 30.3 Å². The van der Waals surface area contributed by atoms with E-state index in [4.69, 9.17) is 16.3 Å². The summed E-state index contributed by atoms with van der Waals surface area (Å²) in [6.07, 6.45) is 0. The van der Waals surface area contributed by atoms with Crippen molar-refractivity contribution in [2.24, 2.45) is 0 Å². The third-order valence-corrected chi connectivity index (χ3v) is 6.15. The Labute approximate surface area is 178 Å². The summed E-state index contributed by atoms with van der Waals surface area (Å²) in [5.41, 5.74) is 1.11. The number of nitrogens with zero attached hydrogens (tertiary/aromatic N) is 5. The van der Waals surface area contributed by atoms with Gasteiger partial charge in [-0.1, -0.05) is 41.9 Å². The van der Waals surface area contributed by atoms with Crippen molar-refractivity contribution in [3.8, 4) is 17.5 Å². The number of halogens is 2. The van der Waals surface area contributed by atoms with Gasteiger partial charge in [0.05, 0.1) is 0 Å². The zero-order valence-electron chi connectivity index (χ0n) is 14.6. The van der Waals surface area contributed by atoms with Crippen molar-refractivity contribution < 1.29 is 9.13 Å². The lowest BCUT2D eigenvalue weighted by Gasteiger charge is -2.11. The summed E-state index contributed by atoms with van der Waals surface area (Å²) < 4.78 is 25.9. The zero-order valence-corrected chi connectivity index (χ0v) is 17.0. The maximum absolute atomic E-state index is 13.9. The largest absolute Gasteiger partial charge is 0.483 e. The summed E-state index contributed by atoms with van der Waals surface area (Å²) in [5.74, 6) is 0.159. The molecule has 10 heteroatoms. The summed E-state index contributed by atoms with van der Waals surface area (Å²) in [4.78, 5) is 0. The van der Waals surface area contributed by atoms with Crippen LogP contribution in [0.25, 0.3) is 5.69 Å². The van der Waals surface area contributed by atoms with Crippen molar-refractivity contribution in [3.63, 3.8) is 0 Å². The molecule has 6 nitrogen and oxygen atoms in total. The van der Waals surface area contributed by atoms with E-state index in [0.29, 0.717) is 20.8 Å². The number of aromatic nitrogens is 4. The van der Waals surface area contributed by atoms with Crippen molar-refractivity contribution in [1.82, 2.24) is 19.1 Å². The Kier molecular flexibility index (Phi) is 5.76. The van der Waals surface area contributed by atoms with E-state index in [9.17, 15) is 9.65 Å². The molecule has 0 fully saturated rings. The third-order valence-electron chi connectivity index (χ3n) is 3.82. The Morgan fingerprint density at radius 3 is 2.66 bits per heavy atom. The first-order chi connectivity index (χ1) is 14.2. The molecule has 0 saturated heterocycles. The van der Waals surface area contributed by atoms with E-state index >= 15 is 0 Å². The highest BCUT2D eigenvalue weighted by atomic mass is 35.5. The summed E-state index contributed by atoms with van der Waals surface area (Å²) in [5, 5.41) is 18.4. The lowest BCUT2D eigenvalue weighted by molar-refractivity contribution is 0.278. The van der Waals surface area contributed by atoms with Gasteiger partial charge in [-0.05, 0) is 47.6 Å². The molecule has 0 saturated carbocycles. The lowest BCUT2D eigenvalue weighted by Crippen LogP contribution is -2.07. The highest BCUT2D eigenvalue weighted by Crippen LogP contribution is 2.37. The molecule has 0 N–H and O–H groups in total. The molecule has 2 aromatic heterocycles. The van der Waals surface area contributed by atoms with Crippen LogP contribution in [0.5, 0.6) is 5.75 Å². The molecule has 0 aliphatic heterocycles. The first-order valence-corrected chi connectivity index (χ1v) is 10.2. The lowest BCUT2D eigenvalue weighted by atomic mass is 10.3. The molecule has 4 rings (SSSR count). The molecule has 2 heterocycles. The Morgan fingerprint density at radius 2 is 1.90 bits per heavy atom. The molecule has 0 aliphatic rings. The second-order valence-electron chi connectivity index (χ2n) is 5.64. The van der Waals surface area contributed by atoms with E-state index in [1.54, 1.807) is 22.8 Å². The number of hydrogen-bond acceptors (Lipinski definition) is 7. The van der Waals surface area contributed by atoms with Crippen molar-refractivity contribution in [2.45, 2.75) is 16.0 Å². The Bertz CT molecular complexity index is 1190. The van der Waals surface area contributed by atoms with Gasteiger partial charge >= 0.3 is 0 Å². The van der Waals surface area contributed by atoms with Crippen LogP contribution in [0.15, 0.2) is 64.0 Å². The van der Waals surface area contributed by atoms with Gasteiger partial charge in [0.2, 0.25) is 5.16 Å². The van der Waals surface area contributed by atoms with Crippen molar-refractivity contribution >= 4 is 34.9 Å². The van der Waals surface area contributed by atoms with Gasteiger partial charge in [-0.25, -0.2) is 4.39 Å². The summed E-state index contributed by atoms with van der Waals surface area (Å²) in [7, 11) is 0. The van der Waals surface area contributed by atoms with Gasteiger partial charge < -0.3 is 4.74 Å². The van der Waals surface area contributed by atoms with Gasteiger partial charge in [-0.2, -0.15) is 9.64 Å². The second-order valence-corrected chi connectivity index (χ2v) is 8.01. The van der Waals surface area contributed by atoms with E-state index in [2.05, 4.69) is 20.6 Å². The smallest absolute Gasteiger partial charge is 0.201 e. The standard InChI is InChI=1S/C19H11ClFN5OS2/c20-17-13(10-22)18(29-25-17)28-19-24-23-16(26(19)12-6-2-1-3-7-12)11-27-15-9-5-4-8-14(15)21/h1-9H,11H2. The summed E-state index contributed by atoms with van der Waals surface area (Å²) in [6, 6.07) is 17.7. The first kappa shape index (κ1) is 19.4. The Morgan fingerprint density at radius 1 is 1.14 bits per heavy atom. The molecule has 0 aliphatic carbocycles. The van der Waals surface area contributed by atoms with E-state index < -0.39 is 5.82 Å². The van der Waals surface area contributed by atoms with Gasteiger partial charge in [0.25, 0.3) is 0 Å². The monoisotopic (exact) mass is 443 g/mol. The maximum atomic E-state index is 13.9. The minimum atomic E-state index is -0.453. The number of hydrogen-bond donors (Lipinski definition) is 0. The van der Waals surface area contributed by atoms with E-state index in [1.165, 1.54) is 17.8 Å². The number of para-hydroxylation sites is 2. The number of nitriles is 1. The van der Waals surface area contributed by atoms with Crippen LogP contribution >= 0.6 is 34.9 Å². The minimum absolute atomic E-state index is 0.0118. The maximum Gasteiger partial charge on any atom is 0.201 e. The first-order valence-electron chi connectivity index (χ1n) is 8.27. The normalized spacial score (nSPS) is 10.7. The van der Waals surface area contributed by atoms with E-state index in [-0.39, 0.29) is 17.5 Å². The predicted octanol–water partition coefficient (Wildman–Crippen LogP) is 5.12. The predicted molar refractivity (Wildman–Crippen MR) is 108 cm³/mol. The van der Waals surface area contributed by atoms with Gasteiger partial charge in [-0.3, -0.25) is 4.57 Å². The topological polar surface area (TPSA) is 76.6 Å². The molecule has 144 valence electrons. The fraction of sp³-hybridized carbons (Fsp3) is 0.0526. The SMILES string of the molecule is N#Cc1c(Cl)nsc1Sc1nnc(COc2ccccc2F)n1-c1ccccc1. The van der Waals surface area contributed by atoms with Crippen LogP contribution in [0.4, 0.5) is 4.39 Å². The third kappa shape index (κ3) is 4.10. The van der Waals surface area contributed by atoms with Crippen LogP contribution in [0, 0.1) is 17.1 Å². The molecule has 0 spiro atoms. The van der Waals surface area contributed by atoms with Crippen molar-refractivity contribution in [3.05, 3.63) is 77.0 Å². The Hall–Kier alpha value is -2.93. The van der Waals surface area contributed by atoms with Crippen LogP contribution < -0.4 is 4.74 Å². The fourth-order valence-corrected chi connectivity index (χ4v) is 4.62. The molecule has 0 atom stereocenters. The molecule has 29 heavy (non-hydrogen) atoms. The van der Waals surface area contributed by atoms with Gasteiger partial charge in [0.15, 0.2) is 22.5 Å². The average Bonchev–Trinajstić information content (AvgIpc) is 3.31. The van der Waals surface area contributed by atoms with Crippen LogP contribution in [0.3, 0.4) is 0 Å². The number of rotatable bonds is 6. The molecule has 2 aromatic carbocycles.